The van der Waals surface area contributed by atoms with Crippen LogP contribution in [0.5, 0.6) is 23.0 Å². The molecule has 0 saturated carbocycles. The Morgan fingerprint density at radius 1 is 0.889 bits per heavy atom. The average molecular weight is 240 g/mol. The zero-order valence-corrected chi connectivity index (χ0v) is 9.67. The van der Waals surface area contributed by atoms with Gasteiger partial charge in [-0.2, -0.15) is 0 Å². The van der Waals surface area contributed by atoms with Crippen molar-refractivity contribution < 1.29 is 14.6 Å². The van der Waals surface area contributed by atoms with Gasteiger partial charge >= 0.3 is 0 Å². The van der Waals surface area contributed by atoms with Crippen molar-refractivity contribution in [2.45, 2.75) is 0 Å². The third-order valence-corrected chi connectivity index (χ3v) is 2.22. The summed E-state index contributed by atoms with van der Waals surface area (Å²) in [5, 5.41) is 9.15. The summed E-state index contributed by atoms with van der Waals surface area (Å²) in [6.07, 6.45) is 5.10. The quantitative estimate of drug-likeness (QED) is 0.834. The van der Waals surface area contributed by atoms with Crippen molar-refractivity contribution in [3.63, 3.8) is 0 Å². The summed E-state index contributed by atoms with van der Waals surface area (Å²) in [4.78, 5) is 0. The number of hydrogen-bond acceptors (Lipinski definition) is 3. The van der Waals surface area contributed by atoms with Crippen LogP contribution in [0.15, 0.2) is 48.5 Å². The molecule has 3 nitrogen and oxygen atoms in total. The van der Waals surface area contributed by atoms with E-state index in [1.807, 2.05) is 0 Å². The maximum Gasteiger partial charge on any atom is 0.148 e. The smallest absolute Gasteiger partial charge is 0.148 e. The van der Waals surface area contributed by atoms with Crippen molar-refractivity contribution in [2.24, 2.45) is 0 Å². The van der Waals surface area contributed by atoms with Gasteiger partial charge in [-0.3, -0.25) is 0 Å². The van der Waals surface area contributed by atoms with E-state index in [0.717, 1.165) is 0 Å². The molecule has 0 radical (unpaired) electrons. The Morgan fingerprint density at radius 3 is 1.94 bits per heavy atom. The first kappa shape index (κ1) is 11.9. The molecule has 0 saturated heterocycles. The number of phenolic OH excluding ortho intramolecular Hbond substituents is 1. The highest BCUT2D eigenvalue weighted by molar-refractivity contribution is 5.37. The molecule has 0 spiro atoms. The van der Waals surface area contributed by atoms with Crippen molar-refractivity contribution in [3.8, 4) is 35.3 Å². The van der Waals surface area contributed by atoms with E-state index in [-0.39, 0.29) is 12.4 Å². The molecule has 90 valence electrons. The molecule has 3 heteroatoms. The standard InChI is InChI=1S/C15H12O3/c1-2-11-17-13-7-9-15(10-8-13)18-14-5-3-12(16)4-6-14/h1,3-10,16H,11H2. The van der Waals surface area contributed by atoms with Crippen LogP contribution in [0.4, 0.5) is 0 Å². The van der Waals surface area contributed by atoms with Crippen LogP contribution in [0.25, 0.3) is 0 Å². The third-order valence-electron chi connectivity index (χ3n) is 2.22. The van der Waals surface area contributed by atoms with Crippen molar-refractivity contribution in [1.82, 2.24) is 0 Å². The molecule has 0 aliphatic heterocycles. The minimum atomic E-state index is 0.209. The van der Waals surface area contributed by atoms with Crippen molar-refractivity contribution >= 4 is 0 Å². The van der Waals surface area contributed by atoms with E-state index in [0.29, 0.717) is 17.2 Å². The summed E-state index contributed by atoms with van der Waals surface area (Å²) in [5.41, 5.74) is 0. The third kappa shape index (κ3) is 3.19. The van der Waals surface area contributed by atoms with Crippen LogP contribution in [0.2, 0.25) is 0 Å². The van der Waals surface area contributed by atoms with Crippen LogP contribution < -0.4 is 9.47 Å². The zero-order chi connectivity index (χ0) is 12.8. The SMILES string of the molecule is C#CCOc1ccc(Oc2ccc(O)cc2)cc1. The van der Waals surface area contributed by atoms with Gasteiger partial charge in [-0.25, -0.2) is 0 Å². The number of aromatic hydroxyl groups is 1. The lowest BCUT2D eigenvalue weighted by molar-refractivity contribution is 0.369. The molecule has 2 aromatic carbocycles. The van der Waals surface area contributed by atoms with E-state index in [9.17, 15) is 0 Å². The lowest BCUT2D eigenvalue weighted by atomic mass is 10.3. The van der Waals surface area contributed by atoms with E-state index < -0.39 is 0 Å². The summed E-state index contributed by atoms with van der Waals surface area (Å²) in [6, 6.07) is 13.7. The van der Waals surface area contributed by atoms with E-state index >= 15 is 0 Å². The molecule has 2 rings (SSSR count). The van der Waals surface area contributed by atoms with Gasteiger partial charge in [0.15, 0.2) is 0 Å². The maximum absolute atomic E-state index is 9.15. The molecule has 0 unspecified atom stereocenters. The monoisotopic (exact) mass is 240 g/mol. The Labute approximate surface area is 106 Å². The lowest BCUT2D eigenvalue weighted by Crippen LogP contribution is -1.92. The van der Waals surface area contributed by atoms with Crippen molar-refractivity contribution in [1.29, 1.82) is 0 Å². The Hall–Kier alpha value is -2.60. The van der Waals surface area contributed by atoms with Gasteiger partial charge in [0, 0.05) is 0 Å². The summed E-state index contributed by atoms with van der Waals surface area (Å²) >= 11 is 0. The molecule has 18 heavy (non-hydrogen) atoms. The van der Waals surface area contributed by atoms with E-state index in [1.165, 1.54) is 0 Å². The van der Waals surface area contributed by atoms with Gasteiger partial charge in [-0.1, -0.05) is 5.92 Å². The molecule has 0 fully saturated rings. The van der Waals surface area contributed by atoms with Gasteiger partial charge in [0.1, 0.15) is 29.6 Å². The number of phenols is 1. The van der Waals surface area contributed by atoms with Gasteiger partial charge in [-0.15, -0.1) is 6.42 Å². The number of terminal acetylenes is 1. The van der Waals surface area contributed by atoms with E-state index in [2.05, 4.69) is 5.92 Å². The number of hydrogen-bond donors (Lipinski definition) is 1. The second-order valence-corrected chi connectivity index (χ2v) is 3.56. The molecule has 0 heterocycles. The molecule has 0 aliphatic rings. The molecule has 0 amide bonds. The summed E-state index contributed by atoms with van der Waals surface area (Å²) in [6.45, 7) is 0.248. The maximum atomic E-state index is 9.15. The highest BCUT2D eigenvalue weighted by atomic mass is 16.5. The van der Waals surface area contributed by atoms with Crippen LogP contribution in [0, 0.1) is 12.3 Å². The minimum absolute atomic E-state index is 0.209. The largest absolute Gasteiger partial charge is 0.508 e. The van der Waals surface area contributed by atoms with Gasteiger partial charge < -0.3 is 14.6 Å². The molecule has 2 aromatic rings. The molecular weight excluding hydrogens is 228 g/mol. The Balaban J connectivity index is 2.02. The average Bonchev–Trinajstić information content (AvgIpc) is 2.41. The minimum Gasteiger partial charge on any atom is -0.508 e. The first-order chi connectivity index (χ1) is 8.78. The predicted molar refractivity (Wildman–Crippen MR) is 69.0 cm³/mol. The highest BCUT2D eigenvalue weighted by Crippen LogP contribution is 2.25. The zero-order valence-electron chi connectivity index (χ0n) is 9.67. The summed E-state index contributed by atoms with van der Waals surface area (Å²) < 4.78 is 10.8. The molecular formula is C15H12O3. The lowest BCUT2D eigenvalue weighted by Gasteiger charge is -2.07. The molecule has 1 N–H and O–H groups in total. The van der Waals surface area contributed by atoms with Gasteiger partial charge in [0.05, 0.1) is 0 Å². The summed E-state index contributed by atoms with van der Waals surface area (Å²) in [5.74, 6) is 4.65. The van der Waals surface area contributed by atoms with Crippen LogP contribution in [0.3, 0.4) is 0 Å². The summed E-state index contributed by atoms with van der Waals surface area (Å²) in [7, 11) is 0. The van der Waals surface area contributed by atoms with Gasteiger partial charge in [0.2, 0.25) is 0 Å². The topological polar surface area (TPSA) is 38.7 Å². The molecule has 0 aliphatic carbocycles. The second kappa shape index (κ2) is 5.65. The Kier molecular flexibility index (Phi) is 3.72. The molecule has 0 atom stereocenters. The number of ether oxygens (including phenoxy) is 2. The number of benzene rings is 2. The van der Waals surface area contributed by atoms with E-state index in [4.69, 9.17) is 21.0 Å². The van der Waals surface area contributed by atoms with Gasteiger partial charge in [-0.05, 0) is 48.5 Å². The Morgan fingerprint density at radius 2 is 1.39 bits per heavy atom. The normalized spacial score (nSPS) is 9.50. The fourth-order valence-corrected chi connectivity index (χ4v) is 1.38. The Bertz CT molecular complexity index is 535. The number of rotatable bonds is 4. The van der Waals surface area contributed by atoms with E-state index in [1.54, 1.807) is 48.5 Å². The van der Waals surface area contributed by atoms with Crippen molar-refractivity contribution in [2.75, 3.05) is 6.61 Å². The van der Waals surface area contributed by atoms with Gasteiger partial charge in [0.25, 0.3) is 0 Å². The fraction of sp³-hybridized carbons (Fsp3) is 0.0667. The predicted octanol–water partition coefficient (Wildman–Crippen LogP) is 3.20. The van der Waals surface area contributed by atoms with Crippen LogP contribution in [0.1, 0.15) is 0 Å². The van der Waals surface area contributed by atoms with Crippen LogP contribution in [-0.4, -0.2) is 11.7 Å². The van der Waals surface area contributed by atoms with Crippen LogP contribution in [-0.2, 0) is 0 Å². The molecule has 0 bridgehead atoms. The van der Waals surface area contributed by atoms with Crippen molar-refractivity contribution in [3.05, 3.63) is 48.5 Å². The van der Waals surface area contributed by atoms with Crippen LogP contribution >= 0.6 is 0 Å². The fourth-order valence-electron chi connectivity index (χ4n) is 1.38. The molecule has 0 aromatic heterocycles. The highest BCUT2D eigenvalue weighted by Gasteiger charge is 1.98. The second-order valence-electron chi connectivity index (χ2n) is 3.56. The first-order valence-corrected chi connectivity index (χ1v) is 5.41. The first-order valence-electron chi connectivity index (χ1n) is 5.41.